The lowest BCUT2D eigenvalue weighted by Crippen LogP contribution is -2.36. The molecule has 1 fully saturated rings. The minimum absolute atomic E-state index is 0.0208. The number of benzene rings is 1. The molecule has 7 nitrogen and oxygen atoms in total. The van der Waals surface area contributed by atoms with Gasteiger partial charge in [-0.3, -0.25) is 9.59 Å². The first-order chi connectivity index (χ1) is 13.8. The lowest BCUT2D eigenvalue weighted by Gasteiger charge is -2.24. The van der Waals surface area contributed by atoms with E-state index in [-0.39, 0.29) is 17.7 Å². The van der Waals surface area contributed by atoms with Crippen LogP contribution in [0.25, 0.3) is 0 Å². The van der Waals surface area contributed by atoms with Crippen LogP contribution in [0.2, 0.25) is 5.02 Å². The van der Waals surface area contributed by atoms with Gasteiger partial charge in [0.2, 0.25) is 5.91 Å². The van der Waals surface area contributed by atoms with E-state index in [1.54, 1.807) is 37.5 Å². The first-order valence-electron chi connectivity index (χ1n) is 9.62. The first kappa shape index (κ1) is 21.0. The number of nitrogens with zero attached hydrogens (tertiary/aromatic N) is 5. The van der Waals surface area contributed by atoms with Crippen LogP contribution in [-0.4, -0.2) is 71.9 Å². The van der Waals surface area contributed by atoms with Crippen LogP contribution in [0.4, 0.5) is 5.82 Å². The fourth-order valence-electron chi connectivity index (χ4n) is 3.52. The Morgan fingerprint density at radius 2 is 1.76 bits per heavy atom. The Morgan fingerprint density at radius 3 is 2.41 bits per heavy atom. The van der Waals surface area contributed by atoms with Gasteiger partial charge in [-0.2, -0.15) is 0 Å². The SMILES string of the molecule is CC(=O)N1CCN(C(=O)c2ccc(Cl)cc2)CC(Cc2cc(N(C)C)ncn2)C1. The lowest BCUT2D eigenvalue weighted by molar-refractivity contribution is -0.129. The predicted octanol–water partition coefficient (Wildman–Crippen LogP) is 2.36. The van der Waals surface area contributed by atoms with Crippen molar-refractivity contribution in [1.82, 2.24) is 19.8 Å². The average molecular weight is 416 g/mol. The van der Waals surface area contributed by atoms with Gasteiger partial charge in [0.05, 0.1) is 0 Å². The van der Waals surface area contributed by atoms with E-state index in [2.05, 4.69) is 9.97 Å². The largest absolute Gasteiger partial charge is 0.363 e. The van der Waals surface area contributed by atoms with Gasteiger partial charge in [0.25, 0.3) is 5.91 Å². The Balaban J connectivity index is 1.80. The standard InChI is InChI=1S/C21H26ClN5O2/c1-15(28)26-8-9-27(21(29)17-4-6-18(22)7-5-17)13-16(12-26)10-19-11-20(25(2)3)24-14-23-19/h4-7,11,14,16H,8-10,12-13H2,1-3H3. The fourth-order valence-corrected chi connectivity index (χ4v) is 3.64. The zero-order valence-corrected chi connectivity index (χ0v) is 17.8. The minimum atomic E-state index is -0.0475. The number of carbonyl (C=O) groups is 2. The van der Waals surface area contributed by atoms with Crippen molar-refractivity contribution in [1.29, 1.82) is 0 Å². The third-order valence-corrected chi connectivity index (χ3v) is 5.34. The molecule has 0 N–H and O–H groups in total. The fraction of sp³-hybridized carbons (Fsp3) is 0.429. The molecule has 3 rings (SSSR count). The van der Waals surface area contributed by atoms with Gasteiger partial charge in [-0.1, -0.05) is 11.6 Å². The Hall–Kier alpha value is -2.67. The van der Waals surface area contributed by atoms with Gasteiger partial charge in [-0.15, -0.1) is 0 Å². The molecule has 29 heavy (non-hydrogen) atoms. The highest BCUT2D eigenvalue weighted by Gasteiger charge is 2.28. The van der Waals surface area contributed by atoms with Crippen molar-refractivity contribution in [2.24, 2.45) is 5.92 Å². The molecule has 0 saturated carbocycles. The summed E-state index contributed by atoms with van der Waals surface area (Å²) in [5, 5.41) is 0.596. The molecular weight excluding hydrogens is 390 g/mol. The van der Waals surface area contributed by atoms with E-state index in [0.717, 1.165) is 11.5 Å². The van der Waals surface area contributed by atoms with E-state index in [4.69, 9.17) is 11.6 Å². The molecule has 1 aliphatic heterocycles. The van der Waals surface area contributed by atoms with Crippen LogP contribution >= 0.6 is 11.6 Å². The topological polar surface area (TPSA) is 69.6 Å². The molecule has 1 aromatic heterocycles. The molecule has 8 heteroatoms. The van der Waals surface area contributed by atoms with E-state index >= 15 is 0 Å². The van der Waals surface area contributed by atoms with E-state index in [1.165, 1.54) is 0 Å². The Morgan fingerprint density at radius 1 is 1.10 bits per heavy atom. The molecule has 1 saturated heterocycles. The second kappa shape index (κ2) is 9.22. The van der Waals surface area contributed by atoms with Crippen LogP contribution in [0.1, 0.15) is 23.0 Å². The Labute approximate surface area is 176 Å². The monoisotopic (exact) mass is 415 g/mol. The zero-order valence-electron chi connectivity index (χ0n) is 17.0. The van der Waals surface area contributed by atoms with Gasteiger partial charge in [0.1, 0.15) is 12.1 Å². The number of rotatable bonds is 4. The third-order valence-electron chi connectivity index (χ3n) is 5.09. The summed E-state index contributed by atoms with van der Waals surface area (Å²) in [5.41, 5.74) is 1.50. The molecule has 1 unspecified atom stereocenters. The van der Waals surface area contributed by atoms with E-state index in [0.29, 0.717) is 43.2 Å². The smallest absolute Gasteiger partial charge is 0.253 e. The van der Waals surface area contributed by atoms with Crippen LogP contribution < -0.4 is 4.90 Å². The molecule has 0 radical (unpaired) electrons. The van der Waals surface area contributed by atoms with Crippen molar-refractivity contribution in [2.45, 2.75) is 13.3 Å². The van der Waals surface area contributed by atoms with Crippen LogP contribution in [0.15, 0.2) is 36.7 Å². The summed E-state index contributed by atoms with van der Waals surface area (Å²) >= 11 is 5.95. The molecular formula is C21H26ClN5O2. The number of aromatic nitrogens is 2. The molecule has 0 bridgehead atoms. The van der Waals surface area contributed by atoms with Crippen LogP contribution in [0.3, 0.4) is 0 Å². The second-order valence-electron chi connectivity index (χ2n) is 7.56. The summed E-state index contributed by atoms with van der Waals surface area (Å²) in [6.07, 6.45) is 2.22. The van der Waals surface area contributed by atoms with Crippen molar-refractivity contribution in [2.75, 3.05) is 45.2 Å². The molecule has 1 aliphatic rings. The Kier molecular flexibility index (Phi) is 6.69. The molecule has 0 spiro atoms. The molecule has 0 aliphatic carbocycles. The average Bonchev–Trinajstić information content (AvgIpc) is 2.91. The highest BCUT2D eigenvalue weighted by atomic mass is 35.5. The molecule has 2 amide bonds. The summed E-state index contributed by atoms with van der Waals surface area (Å²) in [6.45, 7) is 3.76. The van der Waals surface area contributed by atoms with Crippen molar-refractivity contribution >= 4 is 29.2 Å². The second-order valence-corrected chi connectivity index (χ2v) is 7.99. The van der Waals surface area contributed by atoms with Crippen LogP contribution in [0, 0.1) is 5.92 Å². The number of carbonyl (C=O) groups excluding carboxylic acids is 2. The number of anilines is 1. The summed E-state index contributed by atoms with van der Waals surface area (Å²) in [5.74, 6) is 0.893. The summed E-state index contributed by atoms with van der Waals surface area (Å²) in [6, 6.07) is 8.86. The van der Waals surface area contributed by atoms with Crippen LogP contribution in [-0.2, 0) is 11.2 Å². The maximum Gasteiger partial charge on any atom is 0.253 e. The number of hydrogen-bond acceptors (Lipinski definition) is 5. The number of amides is 2. The maximum atomic E-state index is 13.0. The normalized spacial score (nSPS) is 17.0. The molecule has 2 aromatic rings. The summed E-state index contributed by atoms with van der Waals surface area (Å²) in [7, 11) is 3.86. The van der Waals surface area contributed by atoms with E-state index in [9.17, 15) is 9.59 Å². The zero-order chi connectivity index (χ0) is 21.0. The summed E-state index contributed by atoms with van der Waals surface area (Å²) in [4.78, 5) is 39.3. The summed E-state index contributed by atoms with van der Waals surface area (Å²) < 4.78 is 0. The quantitative estimate of drug-likeness (QED) is 0.766. The van der Waals surface area contributed by atoms with Gasteiger partial charge >= 0.3 is 0 Å². The van der Waals surface area contributed by atoms with E-state index < -0.39 is 0 Å². The highest BCUT2D eigenvalue weighted by molar-refractivity contribution is 6.30. The van der Waals surface area contributed by atoms with Gasteiger partial charge < -0.3 is 14.7 Å². The Bertz CT molecular complexity index is 872. The molecule has 2 heterocycles. The predicted molar refractivity (Wildman–Crippen MR) is 113 cm³/mol. The van der Waals surface area contributed by atoms with Crippen molar-refractivity contribution < 1.29 is 9.59 Å². The van der Waals surface area contributed by atoms with Crippen molar-refractivity contribution in [3.05, 3.63) is 52.9 Å². The van der Waals surface area contributed by atoms with Gasteiger partial charge in [-0.25, -0.2) is 9.97 Å². The third kappa shape index (κ3) is 5.44. The molecule has 1 atom stereocenters. The molecule has 1 aromatic carbocycles. The highest BCUT2D eigenvalue weighted by Crippen LogP contribution is 2.19. The van der Waals surface area contributed by atoms with Gasteiger partial charge in [0.15, 0.2) is 0 Å². The number of halogens is 1. The van der Waals surface area contributed by atoms with Crippen molar-refractivity contribution in [3.8, 4) is 0 Å². The van der Waals surface area contributed by atoms with Crippen LogP contribution in [0.5, 0.6) is 0 Å². The minimum Gasteiger partial charge on any atom is -0.363 e. The van der Waals surface area contributed by atoms with Crippen molar-refractivity contribution in [3.63, 3.8) is 0 Å². The lowest BCUT2D eigenvalue weighted by atomic mass is 10.0. The van der Waals surface area contributed by atoms with E-state index in [1.807, 2.05) is 34.9 Å². The van der Waals surface area contributed by atoms with Gasteiger partial charge in [-0.05, 0) is 36.6 Å². The first-order valence-corrected chi connectivity index (χ1v) is 10.00. The van der Waals surface area contributed by atoms with Gasteiger partial charge in [0, 0.05) is 69.5 Å². The number of hydrogen-bond donors (Lipinski definition) is 0. The molecule has 154 valence electrons. The maximum absolute atomic E-state index is 13.0.